The van der Waals surface area contributed by atoms with Crippen LogP contribution in [0.1, 0.15) is 79.1 Å². The lowest BCUT2D eigenvalue weighted by molar-refractivity contribution is -0.140. The lowest BCUT2D eigenvalue weighted by Crippen LogP contribution is -2.43. The summed E-state index contributed by atoms with van der Waals surface area (Å²) in [5.74, 6) is 0.421. The van der Waals surface area contributed by atoms with Crippen molar-refractivity contribution in [2.45, 2.75) is 103 Å². The fourth-order valence-electron chi connectivity index (χ4n) is 3.57. The molecule has 0 aromatic rings. The number of rotatable bonds is 13. The van der Waals surface area contributed by atoms with Gasteiger partial charge in [0.2, 0.25) is 0 Å². The summed E-state index contributed by atoms with van der Waals surface area (Å²) in [6.45, 7) is 13.5. The highest BCUT2D eigenvalue weighted by molar-refractivity contribution is 6.74. The molecular weight excluding hydrogens is 392 g/mol. The molecule has 4 nitrogen and oxygen atoms in total. The van der Waals surface area contributed by atoms with Gasteiger partial charge in [-0.3, -0.25) is 9.59 Å². The van der Waals surface area contributed by atoms with E-state index in [1.807, 2.05) is 6.08 Å². The smallest absolute Gasteiger partial charge is 0.305 e. The summed E-state index contributed by atoms with van der Waals surface area (Å²) in [5.41, 5.74) is 0. The number of methoxy groups -OCH3 is 1. The number of ether oxygens (including phenoxy) is 1. The van der Waals surface area contributed by atoms with Crippen LogP contribution in [0.2, 0.25) is 18.1 Å². The van der Waals surface area contributed by atoms with Gasteiger partial charge in [0.1, 0.15) is 0 Å². The molecular formula is C25H44O4Si. The molecule has 0 aromatic heterocycles. The highest BCUT2D eigenvalue weighted by Gasteiger charge is 2.38. The van der Waals surface area contributed by atoms with Crippen molar-refractivity contribution < 1.29 is 18.8 Å². The van der Waals surface area contributed by atoms with Crippen LogP contribution in [0.3, 0.4) is 0 Å². The van der Waals surface area contributed by atoms with Crippen LogP contribution in [0, 0.1) is 11.8 Å². The highest BCUT2D eigenvalue weighted by atomic mass is 28.4. The Labute approximate surface area is 185 Å². The second-order valence-corrected chi connectivity index (χ2v) is 14.8. The third-order valence-electron chi connectivity index (χ3n) is 6.65. The van der Waals surface area contributed by atoms with Crippen LogP contribution in [-0.2, 0) is 18.8 Å². The van der Waals surface area contributed by atoms with Crippen molar-refractivity contribution in [3.63, 3.8) is 0 Å². The normalized spacial score (nSPS) is 20.8. The first kappa shape index (κ1) is 26.8. The number of unbranched alkanes of at least 4 members (excludes halogenated alkanes) is 4. The molecule has 5 heteroatoms. The molecule has 0 saturated carbocycles. The van der Waals surface area contributed by atoms with Crippen LogP contribution >= 0.6 is 0 Å². The highest BCUT2D eigenvalue weighted by Crippen LogP contribution is 2.38. The Morgan fingerprint density at radius 2 is 1.80 bits per heavy atom. The van der Waals surface area contributed by atoms with Crippen molar-refractivity contribution in [1.29, 1.82) is 0 Å². The average Bonchev–Trinajstić information content (AvgIpc) is 3.03. The first-order chi connectivity index (χ1) is 14.0. The van der Waals surface area contributed by atoms with Crippen LogP contribution < -0.4 is 0 Å². The van der Waals surface area contributed by atoms with E-state index in [2.05, 4.69) is 57.7 Å². The number of ketones is 1. The number of carbonyl (C=O) groups excluding carboxylic acids is 2. The molecule has 0 heterocycles. The molecule has 0 unspecified atom stereocenters. The molecule has 0 bridgehead atoms. The topological polar surface area (TPSA) is 52.6 Å². The molecule has 0 amide bonds. The van der Waals surface area contributed by atoms with E-state index in [1.165, 1.54) is 7.11 Å². The average molecular weight is 437 g/mol. The third kappa shape index (κ3) is 8.89. The standard InChI is InChI=1S/C25H44O4Si/c1-8-22-20(17-19-23(22)26)16-18-21(29-30(6,7)25(2,3)4)14-12-10-9-11-13-15-24(27)28-5/h16-22H,8-15H2,1-7H3/b18-16+/t20-,21+,22-/m1/s1. The molecule has 1 rings (SSSR count). The van der Waals surface area contributed by atoms with E-state index in [0.29, 0.717) is 6.42 Å². The monoisotopic (exact) mass is 436 g/mol. The van der Waals surface area contributed by atoms with Gasteiger partial charge >= 0.3 is 5.97 Å². The van der Waals surface area contributed by atoms with Crippen LogP contribution in [-0.4, -0.2) is 33.3 Å². The van der Waals surface area contributed by atoms with Crippen molar-refractivity contribution in [3.8, 4) is 0 Å². The molecule has 0 spiro atoms. The van der Waals surface area contributed by atoms with Gasteiger partial charge in [0.05, 0.1) is 13.2 Å². The van der Waals surface area contributed by atoms with Gasteiger partial charge in [-0.05, 0) is 43.5 Å². The Hall–Kier alpha value is -1.20. The summed E-state index contributed by atoms with van der Waals surface area (Å²) in [6.07, 6.45) is 16.0. The minimum Gasteiger partial charge on any atom is -0.469 e. The van der Waals surface area contributed by atoms with Gasteiger partial charge in [0, 0.05) is 18.3 Å². The Morgan fingerprint density at radius 3 is 2.40 bits per heavy atom. The maximum atomic E-state index is 12.0. The van der Waals surface area contributed by atoms with Crippen molar-refractivity contribution in [3.05, 3.63) is 24.3 Å². The zero-order valence-corrected chi connectivity index (χ0v) is 21.3. The van der Waals surface area contributed by atoms with Crippen molar-refractivity contribution in [2.75, 3.05) is 7.11 Å². The van der Waals surface area contributed by atoms with Crippen LogP contribution in [0.25, 0.3) is 0 Å². The zero-order chi connectivity index (χ0) is 22.8. The van der Waals surface area contributed by atoms with E-state index < -0.39 is 8.32 Å². The number of hydrogen-bond donors (Lipinski definition) is 0. The predicted molar refractivity (Wildman–Crippen MR) is 127 cm³/mol. The quantitative estimate of drug-likeness (QED) is 0.141. The Kier molecular flexibility index (Phi) is 11.3. The Morgan fingerprint density at radius 1 is 1.17 bits per heavy atom. The summed E-state index contributed by atoms with van der Waals surface area (Å²) in [5, 5.41) is 0.169. The van der Waals surface area contributed by atoms with Gasteiger partial charge in [-0.15, -0.1) is 0 Å². The fraction of sp³-hybridized carbons (Fsp3) is 0.760. The van der Waals surface area contributed by atoms with Gasteiger partial charge < -0.3 is 9.16 Å². The summed E-state index contributed by atoms with van der Waals surface area (Å²) in [6, 6.07) is 0. The maximum absolute atomic E-state index is 12.0. The molecule has 1 aliphatic carbocycles. The van der Waals surface area contributed by atoms with E-state index in [0.717, 1.165) is 44.9 Å². The molecule has 3 atom stereocenters. The lowest BCUT2D eigenvalue weighted by Gasteiger charge is -2.38. The number of esters is 1. The molecule has 0 radical (unpaired) electrons. The first-order valence-corrected chi connectivity index (χ1v) is 14.6. The van der Waals surface area contributed by atoms with Gasteiger partial charge in [0.25, 0.3) is 0 Å². The van der Waals surface area contributed by atoms with E-state index in [-0.39, 0.29) is 34.7 Å². The van der Waals surface area contributed by atoms with Crippen molar-refractivity contribution in [1.82, 2.24) is 0 Å². The van der Waals surface area contributed by atoms with Crippen LogP contribution in [0.4, 0.5) is 0 Å². The summed E-state index contributed by atoms with van der Waals surface area (Å²) < 4.78 is 11.4. The number of hydrogen-bond acceptors (Lipinski definition) is 4. The van der Waals surface area contributed by atoms with E-state index >= 15 is 0 Å². The second-order valence-electron chi connectivity index (χ2n) is 10.0. The van der Waals surface area contributed by atoms with E-state index in [4.69, 9.17) is 4.43 Å². The van der Waals surface area contributed by atoms with Crippen LogP contribution in [0.15, 0.2) is 24.3 Å². The Balaban J connectivity index is 2.61. The second kappa shape index (κ2) is 12.6. The van der Waals surface area contributed by atoms with E-state index in [1.54, 1.807) is 6.08 Å². The molecule has 0 saturated heterocycles. The first-order valence-electron chi connectivity index (χ1n) is 11.7. The lowest BCUT2D eigenvalue weighted by atomic mass is 9.91. The van der Waals surface area contributed by atoms with E-state index in [9.17, 15) is 9.59 Å². The number of allylic oxidation sites excluding steroid dienone is 3. The number of carbonyl (C=O) groups is 2. The minimum atomic E-state index is -1.87. The Bertz CT molecular complexity index is 601. The van der Waals surface area contributed by atoms with Gasteiger partial charge in [-0.2, -0.15) is 0 Å². The maximum Gasteiger partial charge on any atom is 0.305 e. The van der Waals surface area contributed by atoms with Gasteiger partial charge in [-0.25, -0.2) is 0 Å². The summed E-state index contributed by atoms with van der Waals surface area (Å²) in [7, 11) is -0.426. The zero-order valence-electron chi connectivity index (χ0n) is 20.3. The molecule has 0 fully saturated rings. The summed E-state index contributed by atoms with van der Waals surface area (Å²) >= 11 is 0. The predicted octanol–water partition coefficient (Wildman–Crippen LogP) is 6.62. The molecule has 1 aliphatic rings. The SMILES string of the molecule is CC[C@H]1C(=O)C=C[C@H]1/C=C/[C@H](CCCCCCCC(=O)OC)O[Si](C)(C)C(C)(C)C. The van der Waals surface area contributed by atoms with Gasteiger partial charge in [0.15, 0.2) is 14.1 Å². The minimum absolute atomic E-state index is 0.0876. The van der Waals surface area contributed by atoms with Crippen molar-refractivity contribution in [2.24, 2.45) is 11.8 Å². The largest absolute Gasteiger partial charge is 0.469 e. The summed E-state index contributed by atoms with van der Waals surface area (Å²) in [4.78, 5) is 23.2. The van der Waals surface area contributed by atoms with Crippen molar-refractivity contribution >= 4 is 20.1 Å². The van der Waals surface area contributed by atoms with Gasteiger partial charge in [-0.1, -0.05) is 71.6 Å². The molecule has 0 N–H and O–H groups in total. The molecule has 172 valence electrons. The van der Waals surface area contributed by atoms with Crippen LogP contribution in [0.5, 0.6) is 0 Å². The third-order valence-corrected chi connectivity index (χ3v) is 11.2. The fourth-order valence-corrected chi connectivity index (χ4v) is 4.88. The molecule has 30 heavy (non-hydrogen) atoms. The molecule has 0 aromatic carbocycles. The molecule has 0 aliphatic heterocycles.